The van der Waals surface area contributed by atoms with Crippen LogP contribution in [-0.2, 0) is 4.79 Å². The lowest BCUT2D eigenvalue weighted by atomic mass is 9.99. The molecule has 1 saturated heterocycles. The van der Waals surface area contributed by atoms with Crippen LogP contribution in [0.15, 0.2) is 24.3 Å². The molecule has 1 aliphatic rings. The molecule has 3 heteroatoms. The van der Waals surface area contributed by atoms with Crippen molar-refractivity contribution >= 4 is 5.97 Å². The van der Waals surface area contributed by atoms with Gasteiger partial charge in [0.15, 0.2) is 0 Å². The molecule has 0 aliphatic carbocycles. The highest BCUT2D eigenvalue weighted by atomic mass is 16.4. The Morgan fingerprint density at radius 3 is 2.94 bits per heavy atom. The largest absolute Gasteiger partial charge is 0.481 e. The van der Waals surface area contributed by atoms with E-state index in [2.05, 4.69) is 36.1 Å². The summed E-state index contributed by atoms with van der Waals surface area (Å²) >= 11 is 0. The van der Waals surface area contributed by atoms with Gasteiger partial charge in [-0.25, -0.2) is 0 Å². The Kier molecular flexibility index (Phi) is 4.37. The normalized spacial score (nSPS) is 20.2. The fourth-order valence-corrected chi connectivity index (χ4v) is 2.84. The van der Waals surface area contributed by atoms with Gasteiger partial charge in [-0.05, 0) is 50.4 Å². The van der Waals surface area contributed by atoms with Gasteiger partial charge in [0.05, 0.1) is 0 Å². The lowest BCUT2D eigenvalue weighted by Gasteiger charge is -2.25. The lowest BCUT2D eigenvalue weighted by molar-refractivity contribution is -0.137. The molecule has 0 saturated carbocycles. The van der Waals surface area contributed by atoms with E-state index in [0.717, 1.165) is 19.5 Å². The average molecular weight is 247 g/mol. The number of aliphatic carboxylic acids is 1. The minimum Gasteiger partial charge on any atom is -0.481 e. The maximum Gasteiger partial charge on any atom is 0.303 e. The van der Waals surface area contributed by atoms with Crippen LogP contribution in [-0.4, -0.2) is 29.1 Å². The van der Waals surface area contributed by atoms with Crippen molar-refractivity contribution in [3.8, 4) is 0 Å². The standard InChI is InChI=1S/C15H21NO2/c1-12-6-2-3-7-13(12)14-8-4-10-16(14)11-5-9-15(17)18/h2-3,6-7,14H,4-5,8-11H2,1H3,(H,17,18)/t14-/m0/s1. The fourth-order valence-electron chi connectivity index (χ4n) is 2.84. The smallest absolute Gasteiger partial charge is 0.303 e. The Morgan fingerprint density at radius 1 is 1.44 bits per heavy atom. The molecule has 98 valence electrons. The summed E-state index contributed by atoms with van der Waals surface area (Å²) in [7, 11) is 0. The molecule has 1 atom stereocenters. The molecule has 3 nitrogen and oxygen atoms in total. The van der Waals surface area contributed by atoms with E-state index in [1.807, 2.05) is 0 Å². The molecule has 0 spiro atoms. The number of likely N-dealkylation sites (tertiary alicyclic amines) is 1. The number of carboxylic acids is 1. The molecule has 1 aliphatic heterocycles. The first kappa shape index (κ1) is 13.1. The minimum atomic E-state index is -0.693. The van der Waals surface area contributed by atoms with Gasteiger partial charge in [-0.3, -0.25) is 9.69 Å². The van der Waals surface area contributed by atoms with Crippen molar-refractivity contribution in [3.05, 3.63) is 35.4 Å². The first-order valence-electron chi connectivity index (χ1n) is 6.70. The van der Waals surface area contributed by atoms with E-state index >= 15 is 0 Å². The van der Waals surface area contributed by atoms with Crippen LogP contribution in [0.5, 0.6) is 0 Å². The van der Waals surface area contributed by atoms with Crippen LogP contribution in [0.4, 0.5) is 0 Å². The second-order valence-electron chi connectivity index (χ2n) is 5.05. The molecule has 0 amide bonds. The number of aryl methyl sites for hydroxylation is 1. The van der Waals surface area contributed by atoms with Crippen LogP contribution < -0.4 is 0 Å². The van der Waals surface area contributed by atoms with Gasteiger partial charge in [0.25, 0.3) is 0 Å². The van der Waals surface area contributed by atoms with Crippen LogP contribution in [0.2, 0.25) is 0 Å². The topological polar surface area (TPSA) is 40.5 Å². The molecule has 1 heterocycles. The maximum atomic E-state index is 10.6. The molecule has 1 N–H and O–H groups in total. The van der Waals surface area contributed by atoms with Crippen LogP contribution in [0.25, 0.3) is 0 Å². The number of nitrogens with zero attached hydrogens (tertiary/aromatic N) is 1. The fraction of sp³-hybridized carbons (Fsp3) is 0.533. The summed E-state index contributed by atoms with van der Waals surface area (Å²) in [6.07, 6.45) is 3.43. The van der Waals surface area contributed by atoms with Gasteiger partial charge in [0.2, 0.25) is 0 Å². The van der Waals surface area contributed by atoms with Gasteiger partial charge in [0, 0.05) is 12.5 Å². The van der Waals surface area contributed by atoms with Gasteiger partial charge in [-0.1, -0.05) is 24.3 Å². The molecule has 0 radical (unpaired) electrons. The number of hydrogen-bond donors (Lipinski definition) is 1. The molecule has 0 bridgehead atoms. The van der Waals surface area contributed by atoms with E-state index in [1.165, 1.54) is 24.0 Å². The molecule has 18 heavy (non-hydrogen) atoms. The van der Waals surface area contributed by atoms with Gasteiger partial charge >= 0.3 is 5.97 Å². The third-order valence-corrected chi connectivity index (χ3v) is 3.75. The SMILES string of the molecule is Cc1ccccc1[C@@H]1CCCN1CCCC(=O)O. The zero-order valence-electron chi connectivity index (χ0n) is 10.9. The predicted molar refractivity (Wildman–Crippen MR) is 71.6 cm³/mol. The van der Waals surface area contributed by atoms with Crippen molar-refractivity contribution in [2.24, 2.45) is 0 Å². The molecule has 1 fully saturated rings. The van der Waals surface area contributed by atoms with E-state index in [1.54, 1.807) is 0 Å². The summed E-state index contributed by atoms with van der Waals surface area (Å²) < 4.78 is 0. The summed E-state index contributed by atoms with van der Waals surface area (Å²) in [5.41, 5.74) is 2.75. The van der Waals surface area contributed by atoms with E-state index < -0.39 is 5.97 Å². The lowest BCUT2D eigenvalue weighted by Crippen LogP contribution is -2.25. The number of benzene rings is 1. The Labute approximate surface area is 108 Å². The average Bonchev–Trinajstić information content (AvgIpc) is 2.77. The van der Waals surface area contributed by atoms with Gasteiger partial charge in [-0.2, -0.15) is 0 Å². The number of carbonyl (C=O) groups is 1. The van der Waals surface area contributed by atoms with Crippen molar-refractivity contribution in [1.82, 2.24) is 4.90 Å². The Hall–Kier alpha value is -1.35. The van der Waals surface area contributed by atoms with Gasteiger partial charge < -0.3 is 5.11 Å². The van der Waals surface area contributed by atoms with Gasteiger partial charge in [-0.15, -0.1) is 0 Å². The van der Waals surface area contributed by atoms with Crippen molar-refractivity contribution in [3.63, 3.8) is 0 Å². The third-order valence-electron chi connectivity index (χ3n) is 3.75. The summed E-state index contributed by atoms with van der Waals surface area (Å²) in [5, 5.41) is 8.70. The van der Waals surface area contributed by atoms with Crippen LogP contribution >= 0.6 is 0 Å². The molecule has 1 aromatic carbocycles. The number of hydrogen-bond acceptors (Lipinski definition) is 2. The second-order valence-corrected chi connectivity index (χ2v) is 5.05. The van der Waals surface area contributed by atoms with Crippen LogP contribution in [0.1, 0.15) is 42.9 Å². The Morgan fingerprint density at radius 2 is 2.22 bits per heavy atom. The zero-order chi connectivity index (χ0) is 13.0. The van der Waals surface area contributed by atoms with Crippen LogP contribution in [0.3, 0.4) is 0 Å². The Bertz CT molecular complexity index is 417. The molecular weight excluding hydrogens is 226 g/mol. The van der Waals surface area contributed by atoms with E-state index in [9.17, 15) is 4.79 Å². The predicted octanol–water partition coefficient (Wildman–Crippen LogP) is 3.00. The molecular formula is C15H21NO2. The van der Waals surface area contributed by atoms with Crippen molar-refractivity contribution in [2.75, 3.05) is 13.1 Å². The summed E-state index contributed by atoms with van der Waals surface area (Å²) in [6.45, 7) is 4.15. The van der Waals surface area contributed by atoms with E-state index in [0.29, 0.717) is 6.04 Å². The van der Waals surface area contributed by atoms with Gasteiger partial charge in [0.1, 0.15) is 0 Å². The Balaban J connectivity index is 1.99. The van der Waals surface area contributed by atoms with Crippen molar-refractivity contribution in [1.29, 1.82) is 0 Å². The highest BCUT2D eigenvalue weighted by Crippen LogP contribution is 2.33. The number of rotatable bonds is 5. The first-order chi connectivity index (χ1) is 8.68. The summed E-state index contributed by atoms with van der Waals surface area (Å²) in [6, 6.07) is 9.01. The van der Waals surface area contributed by atoms with E-state index in [-0.39, 0.29) is 6.42 Å². The van der Waals surface area contributed by atoms with Crippen LogP contribution in [0, 0.1) is 6.92 Å². The van der Waals surface area contributed by atoms with Crippen molar-refractivity contribution in [2.45, 2.75) is 38.6 Å². The third kappa shape index (κ3) is 3.10. The molecule has 0 unspecified atom stereocenters. The summed E-state index contributed by atoms with van der Waals surface area (Å²) in [5.74, 6) is -0.693. The molecule has 1 aromatic rings. The minimum absolute atomic E-state index is 0.275. The first-order valence-corrected chi connectivity index (χ1v) is 6.70. The monoisotopic (exact) mass is 247 g/mol. The highest BCUT2D eigenvalue weighted by Gasteiger charge is 2.26. The molecule has 0 aromatic heterocycles. The highest BCUT2D eigenvalue weighted by molar-refractivity contribution is 5.66. The summed E-state index contributed by atoms with van der Waals surface area (Å²) in [4.78, 5) is 13.0. The van der Waals surface area contributed by atoms with Crippen molar-refractivity contribution < 1.29 is 9.90 Å². The zero-order valence-corrected chi connectivity index (χ0v) is 10.9. The number of carboxylic acid groups (broad SMARTS) is 1. The molecule has 2 rings (SSSR count). The maximum absolute atomic E-state index is 10.6. The quantitative estimate of drug-likeness (QED) is 0.869. The second kappa shape index (κ2) is 6.01. The van der Waals surface area contributed by atoms with E-state index in [4.69, 9.17) is 5.11 Å².